The van der Waals surface area contributed by atoms with E-state index in [0.717, 1.165) is 0 Å². The highest BCUT2D eigenvalue weighted by molar-refractivity contribution is 6.32. The molecule has 6 nitrogen and oxygen atoms in total. The molecule has 0 aliphatic carbocycles. The summed E-state index contributed by atoms with van der Waals surface area (Å²) in [5.41, 5.74) is 5.69. The molecule has 2 aromatic carbocycles. The average molecular weight is 377 g/mol. The van der Waals surface area contributed by atoms with Crippen molar-refractivity contribution in [1.29, 1.82) is 0 Å². The number of amides is 2. The van der Waals surface area contributed by atoms with E-state index < -0.39 is 11.8 Å². The first-order valence-electron chi connectivity index (χ1n) is 8.13. The standard InChI is InChI=1S/C19H21ClN2O4/c1-13(2)14-7-9-15(10-8-14)25-11-18(23)21-22-19(24)12-26-17-6-4-3-5-16(17)20/h3-10,13H,11-12H2,1-2H3,(H,21,23)(H,22,24). The molecule has 0 bridgehead atoms. The zero-order valence-corrected chi connectivity index (χ0v) is 15.4. The van der Waals surface area contributed by atoms with Gasteiger partial charge in [0.1, 0.15) is 11.5 Å². The maximum atomic E-state index is 11.7. The molecule has 0 atom stereocenters. The Hall–Kier alpha value is -2.73. The number of halogens is 1. The topological polar surface area (TPSA) is 76.7 Å². The number of hydrogen-bond donors (Lipinski definition) is 2. The number of rotatable bonds is 7. The fraction of sp³-hybridized carbons (Fsp3) is 0.263. The maximum absolute atomic E-state index is 11.7. The lowest BCUT2D eigenvalue weighted by Crippen LogP contribution is -2.45. The smallest absolute Gasteiger partial charge is 0.276 e. The molecule has 138 valence electrons. The van der Waals surface area contributed by atoms with Crippen LogP contribution in [0.15, 0.2) is 48.5 Å². The molecule has 0 aromatic heterocycles. The van der Waals surface area contributed by atoms with Crippen molar-refractivity contribution in [1.82, 2.24) is 10.9 Å². The third kappa shape index (κ3) is 6.29. The Balaban J connectivity index is 1.68. The molecule has 0 saturated heterocycles. The number of carbonyl (C=O) groups excluding carboxylic acids is 2. The van der Waals surface area contributed by atoms with Gasteiger partial charge in [-0.2, -0.15) is 0 Å². The zero-order valence-electron chi connectivity index (χ0n) is 14.6. The van der Waals surface area contributed by atoms with E-state index >= 15 is 0 Å². The van der Waals surface area contributed by atoms with Crippen LogP contribution in [0.4, 0.5) is 0 Å². The number of para-hydroxylation sites is 1. The van der Waals surface area contributed by atoms with Crippen molar-refractivity contribution in [3.05, 3.63) is 59.1 Å². The van der Waals surface area contributed by atoms with Crippen molar-refractivity contribution >= 4 is 23.4 Å². The monoisotopic (exact) mass is 376 g/mol. The molecule has 2 amide bonds. The first-order valence-corrected chi connectivity index (χ1v) is 8.51. The maximum Gasteiger partial charge on any atom is 0.276 e. The third-order valence-electron chi connectivity index (χ3n) is 3.45. The van der Waals surface area contributed by atoms with Crippen LogP contribution in [0.2, 0.25) is 5.02 Å². The predicted molar refractivity (Wildman–Crippen MR) is 99.3 cm³/mol. The molecule has 26 heavy (non-hydrogen) atoms. The van der Waals surface area contributed by atoms with Gasteiger partial charge in [0.25, 0.3) is 11.8 Å². The van der Waals surface area contributed by atoms with Gasteiger partial charge in [0.15, 0.2) is 13.2 Å². The Kier molecular flexibility index (Phi) is 7.29. The van der Waals surface area contributed by atoms with Crippen LogP contribution in [0, 0.1) is 0 Å². The number of carbonyl (C=O) groups is 2. The summed E-state index contributed by atoms with van der Waals surface area (Å²) in [7, 11) is 0. The summed E-state index contributed by atoms with van der Waals surface area (Å²) in [6, 6.07) is 14.3. The third-order valence-corrected chi connectivity index (χ3v) is 3.77. The van der Waals surface area contributed by atoms with Crippen LogP contribution in [-0.4, -0.2) is 25.0 Å². The molecule has 7 heteroatoms. The molecule has 0 radical (unpaired) electrons. The zero-order chi connectivity index (χ0) is 18.9. The van der Waals surface area contributed by atoms with Gasteiger partial charge < -0.3 is 9.47 Å². The lowest BCUT2D eigenvalue weighted by molar-refractivity contribution is -0.131. The molecule has 0 saturated carbocycles. The second-order valence-electron chi connectivity index (χ2n) is 5.83. The van der Waals surface area contributed by atoms with E-state index in [0.29, 0.717) is 22.4 Å². The van der Waals surface area contributed by atoms with Crippen LogP contribution in [0.5, 0.6) is 11.5 Å². The number of hydrogen-bond acceptors (Lipinski definition) is 4. The molecular formula is C19H21ClN2O4. The molecule has 2 N–H and O–H groups in total. The van der Waals surface area contributed by atoms with Gasteiger partial charge in [-0.05, 0) is 35.7 Å². The minimum absolute atomic E-state index is 0.216. The summed E-state index contributed by atoms with van der Waals surface area (Å²) in [4.78, 5) is 23.4. The van der Waals surface area contributed by atoms with E-state index in [1.165, 1.54) is 5.56 Å². The molecule has 2 rings (SSSR count). The highest BCUT2D eigenvalue weighted by Crippen LogP contribution is 2.22. The van der Waals surface area contributed by atoms with E-state index in [1.807, 2.05) is 12.1 Å². The first kappa shape index (κ1) is 19.6. The van der Waals surface area contributed by atoms with Gasteiger partial charge in [0.05, 0.1) is 5.02 Å². The van der Waals surface area contributed by atoms with Crippen LogP contribution in [0.1, 0.15) is 25.3 Å². The second kappa shape index (κ2) is 9.68. The first-order chi connectivity index (χ1) is 12.5. The Morgan fingerprint density at radius 1 is 0.923 bits per heavy atom. The van der Waals surface area contributed by atoms with E-state index in [9.17, 15) is 9.59 Å². The van der Waals surface area contributed by atoms with E-state index in [4.69, 9.17) is 21.1 Å². The Bertz CT molecular complexity index is 747. The summed E-state index contributed by atoms with van der Waals surface area (Å²) in [6.45, 7) is 3.71. The minimum atomic E-state index is -0.514. The van der Waals surface area contributed by atoms with Gasteiger partial charge in [-0.3, -0.25) is 20.4 Å². The second-order valence-corrected chi connectivity index (χ2v) is 6.24. The molecule has 0 aliphatic rings. The fourth-order valence-electron chi connectivity index (χ4n) is 2.01. The highest BCUT2D eigenvalue weighted by Gasteiger charge is 2.08. The summed E-state index contributed by atoms with van der Waals surface area (Å²) < 4.78 is 10.6. The SMILES string of the molecule is CC(C)c1ccc(OCC(=O)NNC(=O)COc2ccccc2Cl)cc1. The predicted octanol–water partition coefficient (Wildman–Crippen LogP) is 3.07. The Morgan fingerprint density at radius 2 is 1.50 bits per heavy atom. The largest absolute Gasteiger partial charge is 0.484 e. The van der Waals surface area contributed by atoms with Crippen molar-refractivity contribution in [2.75, 3.05) is 13.2 Å². The summed E-state index contributed by atoms with van der Waals surface area (Å²) in [5, 5.41) is 0.404. The normalized spacial score (nSPS) is 10.3. The van der Waals surface area contributed by atoms with E-state index in [2.05, 4.69) is 24.7 Å². The minimum Gasteiger partial charge on any atom is -0.484 e. The number of ether oxygens (including phenoxy) is 2. The van der Waals surface area contributed by atoms with E-state index in [-0.39, 0.29) is 13.2 Å². The van der Waals surface area contributed by atoms with Gasteiger partial charge >= 0.3 is 0 Å². The molecule has 0 aliphatic heterocycles. The van der Waals surface area contributed by atoms with Gasteiger partial charge in [-0.15, -0.1) is 0 Å². The summed E-state index contributed by atoms with van der Waals surface area (Å²) in [5.74, 6) is 0.404. The van der Waals surface area contributed by atoms with Crippen LogP contribution < -0.4 is 20.3 Å². The molecule has 0 fully saturated rings. The van der Waals surface area contributed by atoms with Crippen LogP contribution in [0.25, 0.3) is 0 Å². The van der Waals surface area contributed by atoms with Gasteiger partial charge in [-0.25, -0.2) is 0 Å². The summed E-state index contributed by atoms with van der Waals surface area (Å²) in [6.07, 6.45) is 0. The van der Waals surface area contributed by atoms with Gasteiger partial charge in [0.2, 0.25) is 0 Å². The molecular weight excluding hydrogens is 356 g/mol. The Morgan fingerprint density at radius 3 is 2.08 bits per heavy atom. The van der Waals surface area contributed by atoms with Crippen molar-refractivity contribution in [2.45, 2.75) is 19.8 Å². The average Bonchev–Trinajstić information content (AvgIpc) is 2.64. The molecule has 2 aromatic rings. The van der Waals surface area contributed by atoms with Crippen LogP contribution in [0.3, 0.4) is 0 Å². The van der Waals surface area contributed by atoms with E-state index in [1.54, 1.807) is 36.4 Å². The molecule has 0 spiro atoms. The van der Waals surface area contributed by atoms with Gasteiger partial charge in [0, 0.05) is 0 Å². The van der Waals surface area contributed by atoms with Gasteiger partial charge in [-0.1, -0.05) is 49.7 Å². The lowest BCUT2D eigenvalue weighted by atomic mass is 10.0. The van der Waals surface area contributed by atoms with Crippen LogP contribution in [-0.2, 0) is 9.59 Å². The Labute approximate surface area is 157 Å². The summed E-state index contributed by atoms with van der Waals surface area (Å²) >= 11 is 5.92. The van der Waals surface area contributed by atoms with Crippen molar-refractivity contribution < 1.29 is 19.1 Å². The molecule has 0 heterocycles. The quantitative estimate of drug-likeness (QED) is 0.728. The fourth-order valence-corrected chi connectivity index (χ4v) is 2.20. The number of hydrazine groups is 1. The molecule has 0 unspecified atom stereocenters. The number of nitrogens with one attached hydrogen (secondary N) is 2. The van der Waals surface area contributed by atoms with Crippen molar-refractivity contribution in [3.8, 4) is 11.5 Å². The van der Waals surface area contributed by atoms with Crippen molar-refractivity contribution in [3.63, 3.8) is 0 Å². The highest BCUT2D eigenvalue weighted by atomic mass is 35.5. The van der Waals surface area contributed by atoms with Crippen molar-refractivity contribution in [2.24, 2.45) is 0 Å². The van der Waals surface area contributed by atoms with Crippen LogP contribution >= 0.6 is 11.6 Å². The lowest BCUT2D eigenvalue weighted by Gasteiger charge is -2.11. The number of benzene rings is 2.